The lowest BCUT2D eigenvalue weighted by atomic mass is 9.93. The summed E-state index contributed by atoms with van der Waals surface area (Å²) in [6, 6.07) is 8.38. The third-order valence-electron chi connectivity index (χ3n) is 5.20. The van der Waals surface area contributed by atoms with Gasteiger partial charge in [-0.25, -0.2) is 4.79 Å². The molecule has 2 unspecified atom stereocenters. The fraction of sp³-hybridized carbons (Fsp3) is 0.450. The number of hydrogen-bond donors (Lipinski definition) is 2. The lowest BCUT2D eigenvalue weighted by Gasteiger charge is -2.28. The first kappa shape index (κ1) is 17.0. The molecule has 6 nitrogen and oxygen atoms in total. The molecule has 2 fully saturated rings. The molecule has 4 rings (SSSR count). The van der Waals surface area contributed by atoms with Gasteiger partial charge in [0, 0.05) is 29.5 Å². The van der Waals surface area contributed by atoms with Gasteiger partial charge in [0.1, 0.15) is 6.04 Å². The number of nitrogens with one attached hydrogen (secondary N) is 1. The molecular formula is C20H22N2O4. The minimum absolute atomic E-state index is 0.207. The summed E-state index contributed by atoms with van der Waals surface area (Å²) in [5.41, 5.74) is 2.19. The number of amides is 1. The van der Waals surface area contributed by atoms with Crippen LogP contribution in [0.1, 0.15) is 47.7 Å². The van der Waals surface area contributed by atoms with E-state index in [1.807, 2.05) is 30.3 Å². The van der Waals surface area contributed by atoms with Crippen molar-refractivity contribution in [1.29, 1.82) is 0 Å². The first-order valence-electron chi connectivity index (χ1n) is 9.14. The number of nitrogens with zero attached hydrogens (tertiary/aromatic N) is 1. The Hall–Kier alpha value is -2.47. The van der Waals surface area contributed by atoms with Crippen molar-refractivity contribution in [2.24, 2.45) is 5.92 Å². The van der Waals surface area contributed by atoms with Gasteiger partial charge in [0.05, 0.1) is 17.7 Å². The van der Waals surface area contributed by atoms with Crippen LogP contribution in [0.3, 0.4) is 0 Å². The van der Waals surface area contributed by atoms with Crippen molar-refractivity contribution in [3.63, 3.8) is 0 Å². The smallest absolute Gasteiger partial charge is 0.326 e. The van der Waals surface area contributed by atoms with Gasteiger partial charge in [0.25, 0.3) is 5.91 Å². The molecular weight excluding hydrogens is 332 g/mol. The summed E-state index contributed by atoms with van der Waals surface area (Å²) in [4.78, 5) is 29.4. The minimum atomic E-state index is -1.02. The number of rotatable bonds is 5. The highest BCUT2D eigenvalue weighted by molar-refractivity contribution is 6.07. The SMILES string of the molecule is O=C(NC(C(=O)O)C1CCCOC1)c1cc(C2CC2)nc2ccccc12. The van der Waals surface area contributed by atoms with Gasteiger partial charge in [-0.2, -0.15) is 0 Å². The Kier molecular flexibility index (Phi) is 4.59. The predicted octanol–water partition coefficient (Wildman–Crippen LogP) is 2.72. The van der Waals surface area contributed by atoms with Crippen molar-refractivity contribution in [2.75, 3.05) is 13.2 Å². The van der Waals surface area contributed by atoms with E-state index in [1.54, 1.807) is 0 Å². The van der Waals surface area contributed by atoms with Gasteiger partial charge in [0.2, 0.25) is 0 Å². The van der Waals surface area contributed by atoms with E-state index in [1.165, 1.54) is 0 Å². The molecule has 1 saturated heterocycles. The molecule has 2 aliphatic rings. The van der Waals surface area contributed by atoms with Gasteiger partial charge in [-0.15, -0.1) is 0 Å². The molecule has 1 aliphatic heterocycles. The number of hydrogen-bond acceptors (Lipinski definition) is 4. The Balaban J connectivity index is 1.65. The normalized spacial score (nSPS) is 21.3. The maximum Gasteiger partial charge on any atom is 0.326 e. The topological polar surface area (TPSA) is 88.5 Å². The molecule has 1 aromatic carbocycles. The zero-order chi connectivity index (χ0) is 18.1. The lowest BCUT2D eigenvalue weighted by molar-refractivity contribution is -0.142. The second-order valence-corrected chi connectivity index (χ2v) is 7.15. The molecule has 0 bridgehead atoms. The maximum absolute atomic E-state index is 13.0. The van der Waals surface area contributed by atoms with Crippen LogP contribution in [-0.2, 0) is 9.53 Å². The number of carbonyl (C=O) groups excluding carboxylic acids is 1. The van der Waals surface area contributed by atoms with Gasteiger partial charge in [-0.3, -0.25) is 9.78 Å². The highest BCUT2D eigenvalue weighted by Gasteiger charge is 2.33. The third-order valence-corrected chi connectivity index (χ3v) is 5.20. The van der Waals surface area contributed by atoms with Crippen LogP contribution in [0.5, 0.6) is 0 Å². The first-order valence-corrected chi connectivity index (χ1v) is 9.14. The fourth-order valence-corrected chi connectivity index (χ4v) is 3.60. The molecule has 1 aromatic heterocycles. The van der Waals surface area contributed by atoms with Gasteiger partial charge >= 0.3 is 5.97 Å². The summed E-state index contributed by atoms with van der Waals surface area (Å²) in [7, 11) is 0. The van der Waals surface area contributed by atoms with E-state index in [0.29, 0.717) is 24.7 Å². The second-order valence-electron chi connectivity index (χ2n) is 7.15. The summed E-state index contributed by atoms with van der Waals surface area (Å²) in [6.07, 6.45) is 3.73. The number of benzene rings is 1. The van der Waals surface area contributed by atoms with Gasteiger partial charge in [0.15, 0.2) is 0 Å². The monoisotopic (exact) mass is 354 g/mol. The second kappa shape index (κ2) is 7.03. The van der Waals surface area contributed by atoms with Crippen molar-refractivity contribution in [1.82, 2.24) is 10.3 Å². The Morgan fingerprint density at radius 1 is 1.23 bits per heavy atom. The molecule has 2 N–H and O–H groups in total. The molecule has 0 radical (unpaired) electrons. The number of pyridine rings is 1. The Bertz CT molecular complexity index is 841. The average Bonchev–Trinajstić information content (AvgIpc) is 3.50. The Morgan fingerprint density at radius 3 is 2.73 bits per heavy atom. The van der Waals surface area contributed by atoms with E-state index in [0.717, 1.165) is 42.3 Å². The molecule has 2 atom stereocenters. The molecule has 1 amide bonds. The molecule has 6 heteroatoms. The molecule has 0 spiro atoms. The summed E-state index contributed by atoms with van der Waals surface area (Å²) in [6.45, 7) is 1.01. The number of aliphatic carboxylic acids is 1. The van der Waals surface area contributed by atoms with E-state index in [2.05, 4.69) is 10.3 Å². The van der Waals surface area contributed by atoms with E-state index in [9.17, 15) is 14.7 Å². The van der Waals surface area contributed by atoms with E-state index >= 15 is 0 Å². The molecule has 136 valence electrons. The number of fused-ring (bicyclic) bond motifs is 1. The third kappa shape index (κ3) is 3.42. The molecule has 2 aromatic rings. The quantitative estimate of drug-likeness (QED) is 0.862. The highest BCUT2D eigenvalue weighted by atomic mass is 16.5. The summed E-state index contributed by atoms with van der Waals surface area (Å²) in [5, 5.41) is 13.1. The van der Waals surface area contributed by atoms with Gasteiger partial charge < -0.3 is 15.2 Å². The number of carboxylic acids is 1. The van der Waals surface area contributed by atoms with Crippen LogP contribution in [0.2, 0.25) is 0 Å². The molecule has 26 heavy (non-hydrogen) atoms. The number of para-hydroxylation sites is 1. The van der Waals surface area contributed by atoms with E-state index < -0.39 is 12.0 Å². The van der Waals surface area contributed by atoms with Crippen LogP contribution in [-0.4, -0.2) is 41.2 Å². The zero-order valence-corrected chi connectivity index (χ0v) is 14.5. The van der Waals surface area contributed by atoms with Crippen LogP contribution in [0, 0.1) is 5.92 Å². The summed E-state index contributed by atoms with van der Waals surface area (Å²) < 4.78 is 5.40. The zero-order valence-electron chi connectivity index (χ0n) is 14.5. The van der Waals surface area contributed by atoms with Crippen molar-refractivity contribution in [3.05, 3.63) is 41.6 Å². The van der Waals surface area contributed by atoms with E-state index in [-0.39, 0.29) is 11.8 Å². The van der Waals surface area contributed by atoms with Crippen molar-refractivity contribution in [2.45, 2.75) is 37.6 Å². The summed E-state index contributed by atoms with van der Waals surface area (Å²) in [5.74, 6) is -1.17. The lowest BCUT2D eigenvalue weighted by Crippen LogP contribution is -2.48. The minimum Gasteiger partial charge on any atom is -0.480 e. The molecule has 1 saturated carbocycles. The first-order chi connectivity index (χ1) is 12.6. The van der Waals surface area contributed by atoms with E-state index in [4.69, 9.17) is 4.74 Å². The van der Waals surface area contributed by atoms with Crippen molar-refractivity contribution >= 4 is 22.8 Å². The van der Waals surface area contributed by atoms with Gasteiger partial charge in [-0.05, 0) is 37.8 Å². The molecule has 1 aliphatic carbocycles. The average molecular weight is 354 g/mol. The van der Waals surface area contributed by atoms with Crippen molar-refractivity contribution in [3.8, 4) is 0 Å². The largest absolute Gasteiger partial charge is 0.480 e. The number of carbonyl (C=O) groups is 2. The standard InChI is InChI=1S/C20H22N2O4/c23-19(22-18(20(24)25)13-4-3-9-26-11-13)15-10-17(12-7-8-12)21-16-6-2-1-5-14(15)16/h1-2,5-6,10,12-13,18H,3-4,7-9,11H2,(H,22,23)(H,24,25). The van der Waals surface area contributed by atoms with Crippen LogP contribution in [0.25, 0.3) is 10.9 Å². The number of ether oxygens (including phenoxy) is 1. The predicted molar refractivity (Wildman–Crippen MR) is 96.2 cm³/mol. The van der Waals surface area contributed by atoms with Crippen LogP contribution in [0.15, 0.2) is 30.3 Å². The number of aromatic nitrogens is 1. The summed E-state index contributed by atoms with van der Waals surface area (Å²) >= 11 is 0. The van der Waals surface area contributed by atoms with Gasteiger partial charge in [-0.1, -0.05) is 18.2 Å². The Labute approximate surface area is 151 Å². The van der Waals surface area contributed by atoms with Crippen LogP contribution in [0.4, 0.5) is 0 Å². The van der Waals surface area contributed by atoms with Crippen molar-refractivity contribution < 1.29 is 19.4 Å². The fourth-order valence-electron chi connectivity index (χ4n) is 3.60. The number of carboxylic acid groups (broad SMARTS) is 1. The highest BCUT2D eigenvalue weighted by Crippen LogP contribution is 2.40. The molecule has 2 heterocycles. The van der Waals surface area contributed by atoms with Crippen LogP contribution >= 0.6 is 0 Å². The maximum atomic E-state index is 13.0. The van der Waals surface area contributed by atoms with Crippen LogP contribution < -0.4 is 5.32 Å². The Morgan fingerprint density at radius 2 is 2.04 bits per heavy atom.